The van der Waals surface area contributed by atoms with Gasteiger partial charge in [-0.2, -0.15) is 0 Å². The molecule has 0 radical (unpaired) electrons. The second-order valence-corrected chi connectivity index (χ2v) is 7.65. The van der Waals surface area contributed by atoms with Crippen molar-refractivity contribution < 1.29 is 9.53 Å². The Labute approximate surface area is 159 Å². The van der Waals surface area contributed by atoms with Crippen LogP contribution in [0.3, 0.4) is 0 Å². The number of pyridine rings is 1. The van der Waals surface area contributed by atoms with Gasteiger partial charge in [-0.3, -0.25) is 4.79 Å². The minimum absolute atomic E-state index is 0.118. The SMILES string of the molecule is COc1ccc2nc3sc(C(=O)Nc4cccc(SC)c4)cc3cc2c1. The molecule has 2 heterocycles. The molecule has 130 valence electrons. The third kappa shape index (κ3) is 3.25. The molecule has 0 saturated heterocycles. The zero-order valence-electron chi connectivity index (χ0n) is 14.3. The molecule has 1 amide bonds. The fourth-order valence-corrected chi connectivity index (χ4v) is 4.12. The molecule has 0 aliphatic carbocycles. The summed E-state index contributed by atoms with van der Waals surface area (Å²) >= 11 is 3.04. The van der Waals surface area contributed by atoms with Crippen molar-refractivity contribution in [3.63, 3.8) is 0 Å². The van der Waals surface area contributed by atoms with Gasteiger partial charge in [0.25, 0.3) is 5.91 Å². The van der Waals surface area contributed by atoms with E-state index in [-0.39, 0.29) is 5.91 Å². The number of thioether (sulfide) groups is 1. The molecular formula is C20H16N2O2S2. The summed E-state index contributed by atoms with van der Waals surface area (Å²) in [6.07, 6.45) is 2.01. The van der Waals surface area contributed by atoms with Crippen LogP contribution in [-0.2, 0) is 0 Å². The fraction of sp³-hybridized carbons (Fsp3) is 0.100. The standard InChI is InChI=1S/C20H16N2O2S2/c1-24-15-6-7-17-12(9-15)8-13-10-18(26-20(13)22-17)19(23)21-14-4-3-5-16(11-14)25-2/h3-11H,1-2H3,(H,21,23). The van der Waals surface area contributed by atoms with E-state index < -0.39 is 0 Å². The van der Waals surface area contributed by atoms with Crippen LogP contribution < -0.4 is 10.1 Å². The van der Waals surface area contributed by atoms with Crippen LogP contribution in [-0.4, -0.2) is 24.3 Å². The molecule has 0 aliphatic rings. The lowest BCUT2D eigenvalue weighted by Crippen LogP contribution is -2.09. The van der Waals surface area contributed by atoms with Gasteiger partial charge in [-0.25, -0.2) is 4.98 Å². The third-order valence-corrected chi connectivity index (χ3v) is 5.83. The molecule has 0 aliphatic heterocycles. The molecular weight excluding hydrogens is 364 g/mol. The lowest BCUT2D eigenvalue weighted by Gasteiger charge is -2.04. The molecule has 0 spiro atoms. The van der Waals surface area contributed by atoms with E-state index in [0.717, 1.165) is 37.5 Å². The summed E-state index contributed by atoms with van der Waals surface area (Å²) in [6.45, 7) is 0. The van der Waals surface area contributed by atoms with E-state index in [2.05, 4.69) is 10.3 Å². The summed E-state index contributed by atoms with van der Waals surface area (Å²) in [5.74, 6) is 0.674. The number of aromatic nitrogens is 1. The van der Waals surface area contributed by atoms with E-state index in [1.54, 1.807) is 18.9 Å². The second kappa shape index (κ2) is 6.97. The number of ether oxygens (including phenoxy) is 1. The number of rotatable bonds is 4. The number of nitrogens with zero attached hydrogens (tertiary/aromatic N) is 1. The van der Waals surface area contributed by atoms with Crippen LogP contribution in [0.2, 0.25) is 0 Å². The summed E-state index contributed by atoms with van der Waals surface area (Å²) in [7, 11) is 1.65. The summed E-state index contributed by atoms with van der Waals surface area (Å²) in [5.41, 5.74) is 1.68. The largest absolute Gasteiger partial charge is 0.497 e. The number of anilines is 1. The second-order valence-electron chi connectivity index (χ2n) is 5.74. The van der Waals surface area contributed by atoms with Crippen molar-refractivity contribution in [2.75, 3.05) is 18.7 Å². The van der Waals surface area contributed by atoms with Gasteiger partial charge >= 0.3 is 0 Å². The first-order valence-corrected chi connectivity index (χ1v) is 10.0. The minimum atomic E-state index is -0.118. The number of carbonyl (C=O) groups excluding carboxylic acids is 1. The van der Waals surface area contributed by atoms with Crippen molar-refractivity contribution in [1.29, 1.82) is 0 Å². The molecule has 0 unspecified atom stereocenters. The van der Waals surface area contributed by atoms with Gasteiger partial charge in [0.1, 0.15) is 10.6 Å². The van der Waals surface area contributed by atoms with Gasteiger partial charge in [-0.15, -0.1) is 23.1 Å². The number of hydrogen-bond acceptors (Lipinski definition) is 5. The van der Waals surface area contributed by atoms with Crippen LogP contribution >= 0.6 is 23.1 Å². The number of benzene rings is 2. The molecule has 0 atom stereocenters. The number of thiophene rings is 1. The number of methoxy groups -OCH3 is 1. The van der Waals surface area contributed by atoms with E-state index in [1.165, 1.54) is 11.3 Å². The Morgan fingerprint density at radius 1 is 1.12 bits per heavy atom. The topological polar surface area (TPSA) is 51.2 Å². The van der Waals surface area contributed by atoms with Crippen LogP contribution in [0.4, 0.5) is 5.69 Å². The van der Waals surface area contributed by atoms with Gasteiger partial charge in [0.15, 0.2) is 0 Å². The monoisotopic (exact) mass is 380 g/mol. The van der Waals surface area contributed by atoms with Crippen molar-refractivity contribution in [3.8, 4) is 5.75 Å². The molecule has 6 heteroatoms. The molecule has 0 saturated carbocycles. The van der Waals surface area contributed by atoms with Crippen molar-refractivity contribution in [2.45, 2.75) is 4.90 Å². The van der Waals surface area contributed by atoms with Crippen molar-refractivity contribution in [3.05, 3.63) is 59.5 Å². The molecule has 0 fully saturated rings. The first-order chi connectivity index (χ1) is 12.7. The van der Waals surface area contributed by atoms with E-state index in [1.807, 2.05) is 60.9 Å². The molecule has 4 rings (SSSR count). The van der Waals surface area contributed by atoms with Gasteiger partial charge in [-0.05, 0) is 54.8 Å². The highest BCUT2D eigenvalue weighted by Crippen LogP contribution is 2.30. The first-order valence-electron chi connectivity index (χ1n) is 8.00. The van der Waals surface area contributed by atoms with Crippen molar-refractivity contribution in [1.82, 2.24) is 4.98 Å². The summed E-state index contributed by atoms with van der Waals surface area (Å²) < 4.78 is 5.27. The Balaban J connectivity index is 1.67. The van der Waals surface area contributed by atoms with E-state index in [4.69, 9.17) is 4.74 Å². The maximum Gasteiger partial charge on any atom is 0.265 e. The van der Waals surface area contributed by atoms with Gasteiger partial charge in [-0.1, -0.05) is 6.07 Å². The smallest absolute Gasteiger partial charge is 0.265 e. The van der Waals surface area contributed by atoms with E-state index >= 15 is 0 Å². The average Bonchev–Trinajstić information content (AvgIpc) is 3.08. The molecule has 2 aromatic carbocycles. The maximum absolute atomic E-state index is 12.6. The Hall–Kier alpha value is -2.57. The number of amides is 1. The third-order valence-electron chi connectivity index (χ3n) is 4.06. The van der Waals surface area contributed by atoms with Crippen LogP contribution in [0.1, 0.15) is 9.67 Å². The normalized spacial score (nSPS) is 11.0. The quantitative estimate of drug-likeness (QED) is 0.480. The highest BCUT2D eigenvalue weighted by Gasteiger charge is 2.13. The molecule has 1 N–H and O–H groups in total. The van der Waals surface area contributed by atoms with Crippen LogP contribution in [0, 0.1) is 0 Å². The Kier molecular flexibility index (Phi) is 4.53. The van der Waals surface area contributed by atoms with Crippen molar-refractivity contribution in [2.24, 2.45) is 0 Å². The van der Waals surface area contributed by atoms with Gasteiger partial charge in [0.05, 0.1) is 17.5 Å². The fourth-order valence-electron chi connectivity index (χ4n) is 2.75. The first kappa shape index (κ1) is 16.9. The Bertz CT molecular complexity index is 1120. The van der Waals surface area contributed by atoms with E-state index in [9.17, 15) is 4.79 Å². The molecule has 0 bridgehead atoms. The van der Waals surface area contributed by atoms with Gasteiger partial charge < -0.3 is 10.1 Å². The van der Waals surface area contributed by atoms with Crippen LogP contribution in [0.25, 0.3) is 21.1 Å². The zero-order valence-corrected chi connectivity index (χ0v) is 15.9. The molecule has 2 aromatic heterocycles. The predicted octanol–water partition coefficient (Wildman–Crippen LogP) is 5.43. The molecule has 26 heavy (non-hydrogen) atoms. The number of hydrogen-bond donors (Lipinski definition) is 1. The van der Waals surface area contributed by atoms with Gasteiger partial charge in [0.2, 0.25) is 0 Å². The highest BCUT2D eigenvalue weighted by atomic mass is 32.2. The van der Waals surface area contributed by atoms with Crippen LogP contribution in [0.5, 0.6) is 5.75 Å². The van der Waals surface area contributed by atoms with E-state index in [0.29, 0.717) is 4.88 Å². The predicted molar refractivity (Wildman–Crippen MR) is 110 cm³/mol. The Morgan fingerprint density at radius 2 is 2.00 bits per heavy atom. The average molecular weight is 380 g/mol. The number of carbonyl (C=O) groups is 1. The highest BCUT2D eigenvalue weighted by molar-refractivity contribution is 7.98. The lowest BCUT2D eigenvalue weighted by atomic mass is 10.2. The number of fused-ring (bicyclic) bond motifs is 2. The lowest BCUT2D eigenvalue weighted by molar-refractivity contribution is 0.103. The van der Waals surface area contributed by atoms with Crippen molar-refractivity contribution >= 4 is 55.8 Å². The summed E-state index contributed by atoms with van der Waals surface area (Å²) in [5, 5.41) is 4.92. The van der Waals surface area contributed by atoms with Gasteiger partial charge in [0, 0.05) is 21.4 Å². The summed E-state index contributed by atoms with van der Waals surface area (Å²) in [4.78, 5) is 19.9. The zero-order chi connectivity index (χ0) is 18.1. The Morgan fingerprint density at radius 3 is 2.81 bits per heavy atom. The maximum atomic E-state index is 12.6. The molecule has 4 nitrogen and oxygen atoms in total. The molecule has 4 aromatic rings. The summed E-state index contributed by atoms with van der Waals surface area (Å²) in [6, 6.07) is 17.5. The number of nitrogens with one attached hydrogen (secondary N) is 1. The van der Waals surface area contributed by atoms with Crippen LogP contribution in [0.15, 0.2) is 59.5 Å². The minimum Gasteiger partial charge on any atom is -0.497 e.